The third-order valence-electron chi connectivity index (χ3n) is 6.38. The Morgan fingerprint density at radius 1 is 1.18 bits per heavy atom. The maximum Gasteiger partial charge on any atom is 0.573 e. The lowest BCUT2D eigenvalue weighted by atomic mass is 10.1. The van der Waals surface area contributed by atoms with Crippen molar-refractivity contribution in [3.63, 3.8) is 0 Å². The van der Waals surface area contributed by atoms with Crippen LogP contribution in [0.15, 0.2) is 36.5 Å². The van der Waals surface area contributed by atoms with Gasteiger partial charge in [-0.15, -0.1) is 13.2 Å². The van der Waals surface area contributed by atoms with E-state index in [1.54, 1.807) is 31.3 Å². The first-order valence-corrected chi connectivity index (χ1v) is 11.8. The largest absolute Gasteiger partial charge is 0.573 e. The van der Waals surface area contributed by atoms with Gasteiger partial charge in [0.25, 0.3) is 5.91 Å². The van der Waals surface area contributed by atoms with Gasteiger partial charge in [0.1, 0.15) is 5.52 Å². The molecule has 2 aromatic carbocycles. The Kier molecular flexibility index (Phi) is 6.67. The van der Waals surface area contributed by atoms with Crippen LogP contribution in [0.4, 0.5) is 30.5 Å². The smallest absolute Gasteiger partial charge is 0.404 e. The number of amides is 1. The van der Waals surface area contributed by atoms with Gasteiger partial charge in [-0.25, -0.2) is 9.97 Å². The zero-order valence-corrected chi connectivity index (χ0v) is 20.4. The number of β-amino-alcohol motifs (C(OH)–C–C–N with tert-alkyl or cyclic N) is 1. The summed E-state index contributed by atoms with van der Waals surface area (Å²) in [5, 5.41) is 17.4. The highest BCUT2D eigenvalue weighted by atomic mass is 19.4. The third-order valence-corrected chi connectivity index (χ3v) is 6.38. The minimum absolute atomic E-state index is 0.0313. The van der Waals surface area contributed by atoms with Gasteiger partial charge in [0, 0.05) is 62.4 Å². The Morgan fingerprint density at radius 2 is 1.95 bits per heavy atom. The van der Waals surface area contributed by atoms with E-state index >= 15 is 0 Å². The number of benzene rings is 2. The van der Waals surface area contributed by atoms with E-state index in [0.29, 0.717) is 60.2 Å². The molecule has 0 bridgehead atoms. The monoisotopic (exact) mass is 530 g/mol. The SMILES string of the molecule is Cn1nc(C(N)=O)c2ccc3cnc(Nc4cc(N5CCN(CCO)CC5)ccc4OC(F)(F)F)nc3c21. The van der Waals surface area contributed by atoms with Crippen molar-refractivity contribution >= 4 is 45.0 Å². The van der Waals surface area contributed by atoms with Crippen molar-refractivity contribution in [1.29, 1.82) is 0 Å². The van der Waals surface area contributed by atoms with Gasteiger partial charge < -0.3 is 25.8 Å². The number of aromatic nitrogens is 4. The Hall–Kier alpha value is -4.17. The molecule has 2 aromatic heterocycles. The van der Waals surface area contributed by atoms with Crippen LogP contribution >= 0.6 is 0 Å². The number of halogens is 3. The molecule has 38 heavy (non-hydrogen) atoms. The highest BCUT2D eigenvalue weighted by Crippen LogP contribution is 2.36. The summed E-state index contributed by atoms with van der Waals surface area (Å²) in [4.78, 5) is 24.8. The van der Waals surface area contributed by atoms with Crippen LogP contribution in [0.25, 0.3) is 21.8 Å². The zero-order valence-electron chi connectivity index (χ0n) is 20.4. The average molecular weight is 531 g/mol. The van der Waals surface area contributed by atoms with Gasteiger partial charge >= 0.3 is 6.36 Å². The summed E-state index contributed by atoms with van der Waals surface area (Å²) in [6.45, 7) is 3.36. The van der Waals surface area contributed by atoms with Gasteiger partial charge in [0.15, 0.2) is 11.4 Å². The number of aliphatic hydroxyl groups excluding tert-OH is 1. The molecule has 11 nitrogen and oxygen atoms in total. The van der Waals surface area contributed by atoms with Crippen molar-refractivity contribution in [3.05, 3.63) is 42.2 Å². The Morgan fingerprint density at radius 3 is 2.63 bits per heavy atom. The van der Waals surface area contributed by atoms with Gasteiger partial charge in [-0.05, 0) is 24.3 Å². The van der Waals surface area contributed by atoms with Gasteiger partial charge in [-0.3, -0.25) is 14.4 Å². The van der Waals surface area contributed by atoms with E-state index in [2.05, 4.69) is 30.0 Å². The molecule has 1 aliphatic rings. The number of nitrogens with one attached hydrogen (secondary N) is 1. The maximum absolute atomic E-state index is 13.2. The number of nitrogens with zero attached hydrogens (tertiary/aromatic N) is 6. The second-order valence-electron chi connectivity index (χ2n) is 8.84. The first kappa shape index (κ1) is 25.5. The zero-order chi connectivity index (χ0) is 27.0. The van der Waals surface area contributed by atoms with E-state index in [9.17, 15) is 18.0 Å². The molecule has 1 amide bonds. The van der Waals surface area contributed by atoms with E-state index in [1.807, 2.05) is 4.90 Å². The van der Waals surface area contributed by atoms with Gasteiger partial charge in [-0.1, -0.05) is 6.07 Å². The predicted molar refractivity (Wildman–Crippen MR) is 134 cm³/mol. The molecule has 1 saturated heterocycles. The number of ether oxygens (including phenoxy) is 1. The molecule has 0 aliphatic carbocycles. The van der Waals surface area contributed by atoms with Crippen molar-refractivity contribution in [1.82, 2.24) is 24.6 Å². The molecule has 1 fully saturated rings. The van der Waals surface area contributed by atoms with Crippen LogP contribution in [0, 0.1) is 0 Å². The van der Waals surface area contributed by atoms with Crippen LogP contribution in [0.2, 0.25) is 0 Å². The fraction of sp³-hybridized carbons (Fsp3) is 0.333. The Balaban J connectivity index is 1.51. The normalized spacial score (nSPS) is 14.8. The molecule has 0 atom stereocenters. The molecule has 0 saturated carbocycles. The molecule has 14 heteroatoms. The van der Waals surface area contributed by atoms with E-state index in [-0.39, 0.29) is 23.9 Å². The number of piperazine rings is 1. The van der Waals surface area contributed by atoms with E-state index in [4.69, 9.17) is 10.8 Å². The van der Waals surface area contributed by atoms with Gasteiger partial charge in [0.2, 0.25) is 5.95 Å². The number of fused-ring (bicyclic) bond motifs is 3. The molecule has 4 N–H and O–H groups in total. The standard InChI is InChI=1S/C24H25F3N8O3/c1-33-21-16(20(32-33)22(28)37)4-2-14-13-29-23(31-19(14)21)30-17-12-15(3-5-18(17)38-24(25,26)27)35-8-6-34(7-9-35)10-11-36/h2-5,12-13,36H,6-11H2,1H3,(H2,28,37)(H,29,30,31). The first-order chi connectivity index (χ1) is 18.1. The molecule has 3 heterocycles. The number of primary amides is 1. The molecular weight excluding hydrogens is 505 g/mol. The Labute approximate surface area is 214 Å². The number of aliphatic hydroxyl groups is 1. The minimum Gasteiger partial charge on any atom is -0.404 e. The molecule has 0 spiro atoms. The molecule has 4 aromatic rings. The maximum atomic E-state index is 13.2. The Bertz CT molecular complexity index is 1500. The predicted octanol–water partition coefficient (Wildman–Crippen LogP) is 2.37. The van der Waals surface area contributed by atoms with E-state index in [0.717, 1.165) is 0 Å². The number of nitrogens with two attached hydrogens (primary N) is 1. The van der Waals surface area contributed by atoms with Gasteiger partial charge in [-0.2, -0.15) is 5.10 Å². The summed E-state index contributed by atoms with van der Waals surface area (Å²) >= 11 is 0. The summed E-state index contributed by atoms with van der Waals surface area (Å²) in [5.41, 5.74) is 7.25. The number of hydrogen-bond acceptors (Lipinski definition) is 9. The summed E-state index contributed by atoms with van der Waals surface area (Å²) in [5.74, 6) is -1.09. The molecule has 5 rings (SSSR count). The van der Waals surface area contributed by atoms with Crippen molar-refractivity contribution in [2.24, 2.45) is 12.8 Å². The number of aryl methyl sites for hydroxylation is 1. The number of rotatable bonds is 7. The number of anilines is 3. The minimum atomic E-state index is -4.90. The van der Waals surface area contributed by atoms with Crippen molar-refractivity contribution in [2.75, 3.05) is 49.5 Å². The molecule has 0 unspecified atom stereocenters. The fourth-order valence-electron chi connectivity index (χ4n) is 4.61. The van der Waals surface area contributed by atoms with Crippen LogP contribution in [0.3, 0.4) is 0 Å². The molecule has 1 aliphatic heterocycles. The quantitative estimate of drug-likeness (QED) is 0.329. The van der Waals surface area contributed by atoms with Crippen LogP contribution in [-0.4, -0.2) is 81.4 Å². The van der Waals surface area contributed by atoms with Crippen LogP contribution in [-0.2, 0) is 7.05 Å². The molecule has 200 valence electrons. The number of alkyl halides is 3. The van der Waals surface area contributed by atoms with Gasteiger partial charge in [0.05, 0.1) is 17.8 Å². The van der Waals surface area contributed by atoms with Crippen molar-refractivity contribution < 1.29 is 27.8 Å². The van der Waals surface area contributed by atoms with Crippen LogP contribution in [0.5, 0.6) is 5.75 Å². The summed E-state index contributed by atoms with van der Waals surface area (Å²) < 4.78 is 45.2. The second kappa shape index (κ2) is 9.95. The van der Waals surface area contributed by atoms with E-state index in [1.165, 1.54) is 16.9 Å². The lowest BCUT2D eigenvalue weighted by Gasteiger charge is -2.36. The van der Waals surface area contributed by atoms with Crippen LogP contribution < -0.4 is 20.7 Å². The number of carbonyl (C=O) groups excluding carboxylic acids is 1. The highest BCUT2D eigenvalue weighted by molar-refractivity contribution is 6.11. The van der Waals surface area contributed by atoms with Crippen molar-refractivity contribution in [3.8, 4) is 5.75 Å². The third kappa shape index (κ3) is 5.13. The fourth-order valence-corrected chi connectivity index (χ4v) is 4.61. The number of hydrogen-bond donors (Lipinski definition) is 3. The van der Waals surface area contributed by atoms with Crippen molar-refractivity contribution in [2.45, 2.75) is 6.36 Å². The molecule has 0 radical (unpaired) electrons. The lowest BCUT2D eigenvalue weighted by molar-refractivity contribution is -0.274. The topological polar surface area (TPSA) is 135 Å². The molecular formula is C24H25F3N8O3. The summed E-state index contributed by atoms with van der Waals surface area (Å²) in [6, 6.07) is 7.79. The first-order valence-electron chi connectivity index (χ1n) is 11.8. The van der Waals surface area contributed by atoms with E-state index < -0.39 is 18.0 Å². The second-order valence-corrected chi connectivity index (χ2v) is 8.84. The van der Waals surface area contributed by atoms with Crippen LogP contribution in [0.1, 0.15) is 10.5 Å². The average Bonchev–Trinajstić information content (AvgIpc) is 3.22. The summed E-state index contributed by atoms with van der Waals surface area (Å²) in [7, 11) is 1.64. The highest BCUT2D eigenvalue weighted by Gasteiger charge is 2.32. The summed E-state index contributed by atoms with van der Waals surface area (Å²) in [6.07, 6.45) is -3.38. The lowest BCUT2D eigenvalue weighted by Crippen LogP contribution is -2.47. The number of carbonyl (C=O) groups is 1.